The van der Waals surface area contributed by atoms with Crippen molar-refractivity contribution in [2.24, 2.45) is 0 Å². The van der Waals surface area contributed by atoms with E-state index in [0.717, 1.165) is 26.8 Å². The predicted molar refractivity (Wildman–Crippen MR) is 144 cm³/mol. The van der Waals surface area contributed by atoms with Crippen molar-refractivity contribution < 1.29 is 18.4 Å². The van der Waals surface area contributed by atoms with E-state index in [1.807, 2.05) is 60.7 Å². The van der Waals surface area contributed by atoms with Crippen LogP contribution in [0.3, 0.4) is 0 Å². The molecule has 0 unspecified atom stereocenters. The van der Waals surface area contributed by atoms with Gasteiger partial charge in [-0.05, 0) is 58.3 Å². The van der Waals surface area contributed by atoms with Crippen molar-refractivity contribution in [2.75, 3.05) is 6.54 Å². The fourth-order valence-electron chi connectivity index (χ4n) is 4.73. The standard InChI is InChI=1S/C30H22ClF2N3O2/c31-23-7-6-21-13-19(3-5-22(21)15-23)1-2-20-4-8-27-26(14-20)25(11-12-35-27)28(37)9-10-29(38)36-18-30(32,33)16-24(36)17-34/h1-8,11-15,24H,9-10,16,18H2/b2-1+/t24-/m0/s1. The minimum absolute atomic E-state index is 0.153. The van der Waals surface area contributed by atoms with E-state index in [4.69, 9.17) is 16.9 Å². The Balaban J connectivity index is 1.33. The van der Waals surface area contributed by atoms with E-state index in [1.165, 1.54) is 6.20 Å². The first-order valence-electron chi connectivity index (χ1n) is 12.1. The summed E-state index contributed by atoms with van der Waals surface area (Å²) in [4.78, 5) is 30.8. The maximum atomic E-state index is 13.7. The van der Waals surface area contributed by atoms with Crippen LogP contribution in [0.15, 0.2) is 66.9 Å². The number of Topliss-reactive ketones (excluding diaryl/α,β-unsaturated/α-hetero) is 1. The molecule has 2 heterocycles. The van der Waals surface area contributed by atoms with Gasteiger partial charge in [-0.1, -0.05) is 48.0 Å². The van der Waals surface area contributed by atoms with Gasteiger partial charge in [0.1, 0.15) is 6.04 Å². The molecule has 4 aromatic rings. The highest BCUT2D eigenvalue weighted by molar-refractivity contribution is 6.31. The van der Waals surface area contributed by atoms with Crippen LogP contribution in [0.2, 0.25) is 5.02 Å². The number of likely N-dealkylation sites (tertiary alicyclic amines) is 1. The van der Waals surface area contributed by atoms with Crippen LogP contribution in [0, 0.1) is 11.3 Å². The number of benzene rings is 3. The molecule has 0 N–H and O–H groups in total. The van der Waals surface area contributed by atoms with Crippen LogP contribution in [-0.4, -0.2) is 40.1 Å². The number of nitriles is 1. The number of nitrogens with zero attached hydrogens (tertiary/aromatic N) is 3. The van der Waals surface area contributed by atoms with E-state index in [0.29, 0.717) is 21.5 Å². The quantitative estimate of drug-likeness (QED) is 0.200. The number of rotatable bonds is 6. The molecule has 0 spiro atoms. The first-order valence-corrected chi connectivity index (χ1v) is 12.5. The van der Waals surface area contributed by atoms with Gasteiger partial charge in [0.05, 0.1) is 18.1 Å². The second-order valence-electron chi connectivity index (χ2n) is 9.37. The summed E-state index contributed by atoms with van der Waals surface area (Å²) in [5.74, 6) is -4.01. The number of aromatic nitrogens is 1. The molecule has 38 heavy (non-hydrogen) atoms. The number of hydrogen-bond donors (Lipinski definition) is 0. The number of amides is 1. The average molecular weight is 530 g/mol. The van der Waals surface area contributed by atoms with E-state index in [1.54, 1.807) is 12.1 Å². The number of halogens is 3. The zero-order chi connectivity index (χ0) is 26.9. The third-order valence-electron chi connectivity index (χ3n) is 6.67. The van der Waals surface area contributed by atoms with Gasteiger partial charge in [-0.15, -0.1) is 0 Å². The van der Waals surface area contributed by atoms with Crippen molar-refractivity contribution in [1.82, 2.24) is 9.88 Å². The summed E-state index contributed by atoms with van der Waals surface area (Å²) in [5.41, 5.74) is 2.90. The van der Waals surface area contributed by atoms with Crippen molar-refractivity contribution in [1.29, 1.82) is 5.26 Å². The number of ketones is 1. The number of carbonyl (C=O) groups is 2. The van der Waals surface area contributed by atoms with E-state index < -0.39 is 30.8 Å². The lowest BCUT2D eigenvalue weighted by Crippen LogP contribution is -2.36. The monoisotopic (exact) mass is 529 g/mol. The Kier molecular flexibility index (Phi) is 6.92. The highest BCUT2D eigenvalue weighted by atomic mass is 35.5. The lowest BCUT2D eigenvalue weighted by atomic mass is 9.99. The molecular weight excluding hydrogens is 508 g/mol. The molecule has 5 rings (SSSR count). The molecular formula is C30H22ClF2N3O2. The van der Waals surface area contributed by atoms with Crippen molar-refractivity contribution >= 4 is 57.1 Å². The van der Waals surface area contributed by atoms with Crippen LogP contribution in [0.1, 0.15) is 40.7 Å². The molecule has 190 valence electrons. The first-order chi connectivity index (χ1) is 18.2. The summed E-state index contributed by atoms with van der Waals surface area (Å²) in [6.45, 7) is -0.795. The highest BCUT2D eigenvalue weighted by Gasteiger charge is 2.47. The average Bonchev–Trinajstić information content (AvgIpc) is 3.24. The lowest BCUT2D eigenvalue weighted by molar-refractivity contribution is -0.132. The first kappa shape index (κ1) is 25.5. The molecule has 0 aliphatic carbocycles. The van der Waals surface area contributed by atoms with Crippen LogP contribution in [0.5, 0.6) is 0 Å². The number of fused-ring (bicyclic) bond motifs is 2. The van der Waals surface area contributed by atoms with E-state index in [9.17, 15) is 18.4 Å². The van der Waals surface area contributed by atoms with E-state index in [-0.39, 0.29) is 18.6 Å². The second-order valence-corrected chi connectivity index (χ2v) is 9.81. The van der Waals surface area contributed by atoms with Gasteiger partial charge in [0.15, 0.2) is 5.78 Å². The lowest BCUT2D eigenvalue weighted by Gasteiger charge is -2.18. The highest BCUT2D eigenvalue weighted by Crippen LogP contribution is 2.32. The third kappa shape index (κ3) is 5.41. The fourth-order valence-corrected chi connectivity index (χ4v) is 4.92. The molecule has 0 radical (unpaired) electrons. The SMILES string of the molecule is N#C[C@@H]1CC(F)(F)CN1C(=O)CCC(=O)c1ccnc2ccc(/C=C/c3ccc4cc(Cl)ccc4c3)cc12. The van der Waals surface area contributed by atoms with Gasteiger partial charge < -0.3 is 4.90 Å². The number of pyridine rings is 1. The normalized spacial score (nSPS) is 16.8. The summed E-state index contributed by atoms with van der Waals surface area (Å²) in [6, 6.07) is 19.6. The summed E-state index contributed by atoms with van der Waals surface area (Å²) in [7, 11) is 0. The fraction of sp³-hybridized carbons (Fsp3) is 0.200. The number of hydrogen-bond acceptors (Lipinski definition) is 4. The Morgan fingerprint density at radius 1 is 1.03 bits per heavy atom. The Morgan fingerprint density at radius 2 is 1.74 bits per heavy atom. The molecule has 0 bridgehead atoms. The number of alkyl halides is 2. The molecule has 5 nitrogen and oxygen atoms in total. The Hall–Kier alpha value is -4.15. The summed E-state index contributed by atoms with van der Waals surface area (Å²) < 4.78 is 27.4. The largest absolute Gasteiger partial charge is 0.320 e. The molecule has 0 saturated carbocycles. The molecule has 1 aliphatic rings. The smallest absolute Gasteiger partial charge is 0.268 e. The van der Waals surface area contributed by atoms with Gasteiger partial charge in [-0.25, -0.2) is 8.78 Å². The maximum Gasteiger partial charge on any atom is 0.268 e. The molecule has 8 heteroatoms. The Morgan fingerprint density at radius 3 is 2.53 bits per heavy atom. The van der Waals surface area contributed by atoms with Crippen molar-refractivity contribution in [3.63, 3.8) is 0 Å². The minimum atomic E-state index is -3.09. The van der Waals surface area contributed by atoms with E-state index >= 15 is 0 Å². The van der Waals surface area contributed by atoms with Crippen LogP contribution in [0.25, 0.3) is 33.8 Å². The van der Waals surface area contributed by atoms with Crippen LogP contribution >= 0.6 is 11.6 Å². The summed E-state index contributed by atoms with van der Waals surface area (Å²) in [6.07, 6.45) is 4.37. The molecule has 1 aliphatic heterocycles. The van der Waals surface area contributed by atoms with Crippen molar-refractivity contribution in [3.8, 4) is 6.07 Å². The van der Waals surface area contributed by atoms with Crippen molar-refractivity contribution in [2.45, 2.75) is 31.2 Å². The summed E-state index contributed by atoms with van der Waals surface area (Å²) >= 11 is 6.07. The van der Waals surface area contributed by atoms with Gasteiger partial charge in [-0.2, -0.15) is 5.26 Å². The molecule has 1 atom stereocenters. The second kappa shape index (κ2) is 10.3. The van der Waals surface area contributed by atoms with Crippen LogP contribution < -0.4 is 0 Å². The maximum absolute atomic E-state index is 13.7. The molecule has 3 aromatic carbocycles. The van der Waals surface area contributed by atoms with Gasteiger partial charge in [0.2, 0.25) is 5.91 Å². The Labute approximate surface area is 223 Å². The number of carbonyl (C=O) groups excluding carboxylic acids is 2. The van der Waals surface area contributed by atoms with Crippen molar-refractivity contribution in [3.05, 3.63) is 88.6 Å². The van der Waals surface area contributed by atoms with Gasteiger partial charge in [0.25, 0.3) is 5.92 Å². The zero-order valence-corrected chi connectivity index (χ0v) is 21.0. The Bertz CT molecular complexity index is 1640. The molecule has 1 amide bonds. The van der Waals surface area contributed by atoms with Crippen LogP contribution in [-0.2, 0) is 4.79 Å². The van der Waals surface area contributed by atoms with Gasteiger partial charge in [-0.3, -0.25) is 14.6 Å². The molecule has 1 saturated heterocycles. The third-order valence-corrected chi connectivity index (χ3v) is 6.90. The van der Waals surface area contributed by atoms with E-state index in [2.05, 4.69) is 11.1 Å². The predicted octanol–water partition coefficient (Wildman–Crippen LogP) is 6.93. The topological polar surface area (TPSA) is 74.1 Å². The zero-order valence-electron chi connectivity index (χ0n) is 20.2. The van der Waals surface area contributed by atoms with Gasteiger partial charge in [0, 0.05) is 41.4 Å². The minimum Gasteiger partial charge on any atom is -0.320 e. The molecule has 1 fully saturated rings. The van der Waals surface area contributed by atoms with Gasteiger partial charge >= 0.3 is 0 Å². The molecule has 1 aromatic heterocycles. The van der Waals surface area contributed by atoms with Crippen LogP contribution in [0.4, 0.5) is 8.78 Å². The summed E-state index contributed by atoms with van der Waals surface area (Å²) in [5, 5.41) is 12.6.